The van der Waals surface area contributed by atoms with E-state index in [1.54, 1.807) is 6.20 Å². The molecule has 0 aliphatic carbocycles. The van der Waals surface area contributed by atoms with E-state index in [4.69, 9.17) is 9.72 Å². The molecule has 0 atom stereocenters. The molecule has 1 aromatic heterocycles. The number of para-hydroxylation sites is 4. The molecule has 0 saturated carbocycles. The minimum atomic E-state index is -0.468. The van der Waals surface area contributed by atoms with Crippen molar-refractivity contribution in [1.82, 2.24) is 9.97 Å². The van der Waals surface area contributed by atoms with E-state index in [0.29, 0.717) is 11.5 Å². The van der Waals surface area contributed by atoms with Gasteiger partial charge in [0.25, 0.3) is 0 Å². The third-order valence-corrected chi connectivity index (χ3v) is 6.18. The van der Waals surface area contributed by atoms with E-state index in [9.17, 15) is 4.79 Å². The molecule has 0 fully saturated rings. The third-order valence-electron chi connectivity index (χ3n) is 6.18. The van der Waals surface area contributed by atoms with Crippen LogP contribution in [0.3, 0.4) is 0 Å². The Hall–Kier alpha value is -4.51. The summed E-state index contributed by atoms with van der Waals surface area (Å²) < 4.78 is 6.05. The van der Waals surface area contributed by atoms with Crippen molar-refractivity contribution >= 4 is 22.6 Å². The first-order valence-corrected chi connectivity index (χ1v) is 11.2. The number of carbonyl (C=O) groups excluding carboxylic acids is 1. The van der Waals surface area contributed by atoms with Crippen LogP contribution in [0.4, 0.5) is 5.69 Å². The van der Waals surface area contributed by atoms with Crippen LogP contribution in [-0.2, 0) is 4.79 Å². The molecule has 0 unspecified atom stereocenters. The lowest BCUT2D eigenvalue weighted by molar-refractivity contribution is -0.116. The zero-order valence-electron chi connectivity index (χ0n) is 18.5. The molecule has 2 heterocycles. The normalized spacial score (nSPS) is 12.5. The maximum Gasteiger partial charge on any atom is 0.236 e. The van der Waals surface area contributed by atoms with Gasteiger partial charge in [-0.2, -0.15) is 0 Å². The number of aromatic nitrogens is 2. The van der Waals surface area contributed by atoms with E-state index in [0.717, 1.165) is 44.7 Å². The number of hydrogen-bond donors (Lipinski definition) is 1. The van der Waals surface area contributed by atoms with Crippen molar-refractivity contribution in [3.05, 3.63) is 114 Å². The summed E-state index contributed by atoms with van der Waals surface area (Å²) >= 11 is 0. The Kier molecular flexibility index (Phi) is 4.81. The summed E-state index contributed by atoms with van der Waals surface area (Å²) in [5.74, 6) is 0.842. The Labute approximate surface area is 197 Å². The summed E-state index contributed by atoms with van der Waals surface area (Å²) in [5, 5.41) is 3.17. The molecule has 0 saturated heterocycles. The van der Waals surface area contributed by atoms with E-state index in [2.05, 4.69) is 10.3 Å². The number of carbonyl (C=O) groups is 1. The van der Waals surface area contributed by atoms with Crippen molar-refractivity contribution in [2.45, 2.75) is 12.8 Å². The highest BCUT2D eigenvalue weighted by molar-refractivity contribution is 6.00. The minimum absolute atomic E-state index is 0.104. The van der Waals surface area contributed by atoms with Crippen molar-refractivity contribution in [3.63, 3.8) is 0 Å². The minimum Gasteiger partial charge on any atom is -0.457 e. The van der Waals surface area contributed by atoms with Gasteiger partial charge < -0.3 is 10.1 Å². The highest BCUT2D eigenvalue weighted by atomic mass is 16.5. The van der Waals surface area contributed by atoms with Crippen molar-refractivity contribution in [1.29, 1.82) is 0 Å². The predicted molar refractivity (Wildman–Crippen MR) is 133 cm³/mol. The van der Waals surface area contributed by atoms with Gasteiger partial charge in [0.2, 0.25) is 5.91 Å². The van der Waals surface area contributed by atoms with Crippen LogP contribution in [0.5, 0.6) is 11.5 Å². The van der Waals surface area contributed by atoms with Gasteiger partial charge in [0, 0.05) is 22.4 Å². The van der Waals surface area contributed by atoms with Crippen molar-refractivity contribution in [3.8, 4) is 22.8 Å². The maximum absolute atomic E-state index is 13.7. The lowest BCUT2D eigenvalue weighted by atomic mass is 9.87. The molecule has 1 aliphatic heterocycles. The van der Waals surface area contributed by atoms with Crippen LogP contribution >= 0.6 is 0 Å². The number of aryl methyl sites for hydroxylation is 1. The number of benzene rings is 4. The Balaban J connectivity index is 1.37. The highest BCUT2D eigenvalue weighted by Crippen LogP contribution is 2.44. The molecule has 6 rings (SSSR count). The van der Waals surface area contributed by atoms with Gasteiger partial charge in [-0.05, 0) is 42.8 Å². The summed E-state index contributed by atoms with van der Waals surface area (Å²) in [5.41, 5.74) is 6.77. The molecule has 0 bridgehead atoms. The number of rotatable bonds is 3. The van der Waals surface area contributed by atoms with Crippen molar-refractivity contribution < 1.29 is 9.53 Å². The summed E-state index contributed by atoms with van der Waals surface area (Å²) in [6.45, 7) is 1.98. The van der Waals surface area contributed by atoms with Crippen LogP contribution in [0, 0.1) is 6.92 Å². The summed E-state index contributed by atoms with van der Waals surface area (Å²) in [4.78, 5) is 23.0. The van der Waals surface area contributed by atoms with Gasteiger partial charge in [0.15, 0.2) is 0 Å². The average molecular weight is 444 g/mol. The number of amides is 1. The number of fused-ring (bicyclic) bond motifs is 3. The molecule has 5 nitrogen and oxygen atoms in total. The topological polar surface area (TPSA) is 64.1 Å². The Morgan fingerprint density at radius 2 is 1.47 bits per heavy atom. The zero-order chi connectivity index (χ0) is 23.1. The molecular formula is C29H21N3O2. The van der Waals surface area contributed by atoms with Crippen LogP contribution in [0.25, 0.3) is 22.3 Å². The first-order chi connectivity index (χ1) is 16.7. The SMILES string of the molecule is Cc1ccc(-c2cnc3ccccc3n2)cc1NC(=O)C1c2ccccc2Oc2ccccc21. The van der Waals surface area contributed by atoms with Crippen LogP contribution in [0.2, 0.25) is 0 Å². The number of nitrogens with one attached hydrogen (secondary N) is 1. The summed E-state index contributed by atoms with van der Waals surface area (Å²) in [7, 11) is 0. The molecule has 1 aliphatic rings. The van der Waals surface area contributed by atoms with E-state index >= 15 is 0 Å². The molecule has 5 heteroatoms. The van der Waals surface area contributed by atoms with Gasteiger partial charge in [-0.15, -0.1) is 0 Å². The van der Waals surface area contributed by atoms with Crippen LogP contribution < -0.4 is 10.1 Å². The summed E-state index contributed by atoms with van der Waals surface area (Å²) in [6.07, 6.45) is 1.77. The molecule has 0 radical (unpaired) electrons. The first kappa shape index (κ1) is 20.1. The fourth-order valence-electron chi connectivity index (χ4n) is 4.41. The van der Waals surface area contributed by atoms with Gasteiger partial charge in [0.05, 0.1) is 28.8 Å². The number of nitrogens with zero attached hydrogens (tertiary/aromatic N) is 2. The van der Waals surface area contributed by atoms with Gasteiger partial charge >= 0.3 is 0 Å². The van der Waals surface area contributed by atoms with Crippen LogP contribution in [-0.4, -0.2) is 15.9 Å². The first-order valence-electron chi connectivity index (χ1n) is 11.2. The summed E-state index contributed by atoms with van der Waals surface area (Å²) in [6, 6.07) is 29.1. The molecule has 0 spiro atoms. The average Bonchev–Trinajstić information content (AvgIpc) is 2.88. The standard InChI is InChI=1S/C29H21N3O2/c1-18-14-15-19(25-17-30-22-10-4-5-11-23(22)31-25)16-24(18)32-29(33)28-20-8-2-6-12-26(20)34-27-13-7-3-9-21(27)28/h2-17,28H,1H3,(H,32,33). The quantitative estimate of drug-likeness (QED) is 0.347. The van der Waals surface area contributed by atoms with Gasteiger partial charge in [0.1, 0.15) is 11.5 Å². The van der Waals surface area contributed by atoms with E-state index in [1.165, 1.54) is 0 Å². The van der Waals surface area contributed by atoms with Crippen LogP contribution in [0.15, 0.2) is 97.2 Å². The van der Waals surface area contributed by atoms with E-state index in [-0.39, 0.29) is 5.91 Å². The predicted octanol–water partition coefficient (Wildman–Crippen LogP) is 6.48. The fraction of sp³-hybridized carbons (Fsp3) is 0.0690. The number of ether oxygens (including phenoxy) is 1. The molecule has 4 aromatic carbocycles. The van der Waals surface area contributed by atoms with E-state index in [1.807, 2.05) is 97.9 Å². The van der Waals surface area contributed by atoms with Gasteiger partial charge in [-0.25, -0.2) is 4.98 Å². The molecule has 5 aromatic rings. The second-order valence-electron chi connectivity index (χ2n) is 8.37. The number of hydrogen-bond acceptors (Lipinski definition) is 4. The monoisotopic (exact) mass is 443 g/mol. The van der Waals surface area contributed by atoms with E-state index < -0.39 is 5.92 Å². The zero-order valence-corrected chi connectivity index (χ0v) is 18.5. The van der Waals surface area contributed by atoms with Crippen molar-refractivity contribution in [2.24, 2.45) is 0 Å². The Bertz CT molecular complexity index is 1520. The smallest absolute Gasteiger partial charge is 0.236 e. The molecule has 164 valence electrons. The van der Waals surface area contributed by atoms with Crippen LogP contribution in [0.1, 0.15) is 22.6 Å². The Morgan fingerprint density at radius 3 is 2.21 bits per heavy atom. The molecule has 1 amide bonds. The third kappa shape index (κ3) is 3.48. The number of anilines is 1. The van der Waals surface area contributed by atoms with Crippen molar-refractivity contribution in [2.75, 3.05) is 5.32 Å². The second kappa shape index (κ2) is 8.12. The second-order valence-corrected chi connectivity index (χ2v) is 8.37. The fourth-order valence-corrected chi connectivity index (χ4v) is 4.41. The highest BCUT2D eigenvalue weighted by Gasteiger charge is 2.32. The Morgan fingerprint density at radius 1 is 0.824 bits per heavy atom. The maximum atomic E-state index is 13.7. The van der Waals surface area contributed by atoms with Gasteiger partial charge in [-0.1, -0.05) is 60.7 Å². The molecule has 34 heavy (non-hydrogen) atoms. The largest absolute Gasteiger partial charge is 0.457 e. The van der Waals surface area contributed by atoms with Gasteiger partial charge in [-0.3, -0.25) is 9.78 Å². The lowest BCUT2D eigenvalue weighted by Gasteiger charge is -2.27. The molecular weight excluding hydrogens is 422 g/mol. The molecule has 1 N–H and O–H groups in total. The lowest BCUT2D eigenvalue weighted by Crippen LogP contribution is -2.25.